The minimum atomic E-state index is -1.50. The SMILES string of the molecule is Fc1cc(F)c(F)c(Nc2cccc(Br)n2)c1F. The lowest BCUT2D eigenvalue weighted by Crippen LogP contribution is -2.04. The lowest BCUT2D eigenvalue weighted by atomic mass is 10.2. The fraction of sp³-hybridized carbons (Fsp3) is 0. The van der Waals surface area contributed by atoms with Crippen LogP contribution in [0.15, 0.2) is 28.9 Å². The Bertz CT molecular complexity index is 578. The summed E-state index contributed by atoms with van der Waals surface area (Å²) in [5, 5.41) is 2.19. The number of aromatic nitrogens is 1. The van der Waals surface area contributed by atoms with E-state index < -0.39 is 29.0 Å². The number of anilines is 2. The largest absolute Gasteiger partial charge is 0.335 e. The van der Waals surface area contributed by atoms with E-state index >= 15 is 0 Å². The third-order valence-corrected chi connectivity index (χ3v) is 2.52. The number of rotatable bonds is 2. The van der Waals surface area contributed by atoms with Crippen LogP contribution in [0.3, 0.4) is 0 Å². The zero-order valence-corrected chi connectivity index (χ0v) is 10.2. The maximum Gasteiger partial charge on any atom is 0.185 e. The van der Waals surface area contributed by atoms with Gasteiger partial charge < -0.3 is 5.32 Å². The van der Waals surface area contributed by atoms with Crippen LogP contribution < -0.4 is 5.32 Å². The van der Waals surface area contributed by atoms with Crippen LogP contribution >= 0.6 is 15.9 Å². The molecule has 2 nitrogen and oxygen atoms in total. The molecule has 0 aliphatic rings. The van der Waals surface area contributed by atoms with Gasteiger partial charge in [0.15, 0.2) is 23.3 Å². The molecule has 0 aliphatic heterocycles. The van der Waals surface area contributed by atoms with Crippen molar-refractivity contribution >= 4 is 27.4 Å². The van der Waals surface area contributed by atoms with Gasteiger partial charge in [-0.1, -0.05) is 6.07 Å². The molecule has 0 atom stereocenters. The van der Waals surface area contributed by atoms with Gasteiger partial charge in [-0.05, 0) is 28.1 Å². The second kappa shape index (κ2) is 4.93. The first kappa shape index (κ1) is 12.8. The van der Waals surface area contributed by atoms with E-state index in [0.29, 0.717) is 4.60 Å². The Morgan fingerprint density at radius 1 is 1.00 bits per heavy atom. The first-order valence-electron chi connectivity index (χ1n) is 4.71. The molecular formula is C11H5BrF4N2. The molecule has 1 heterocycles. The maximum absolute atomic E-state index is 13.3. The first-order valence-corrected chi connectivity index (χ1v) is 5.51. The molecule has 18 heavy (non-hydrogen) atoms. The van der Waals surface area contributed by atoms with E-state index in [2.05, 4.69) is 26.2 Å². The predicted molar refractivity (Wildman–Crippen MR) is 61.5 cm³/mol. The molecule has 0 amide bonds. The monoisotopic (exact) mass is 320 g/mol. The molecule has 0 saturated heterocycles. The molecule has 0 spiro atoms. The van der Waals surface area contributed by atoms with Crippen LogP contribution in [-0.4, -0.2) is 4.98 Å². The average Bonchev–Trinajstić information content (AvgIpc) is 2.32. The Kier molecular flexibility index (Phi) is 3.51. The van der Waals surface area contributed by atoms with Crippen LogP contribution in [0.1, 0.15) is 0 Å². The van der Waals surface area contributed by atoms with Crippen molar-refractivity contribution in [2.75, 3.05) is 5.32 Å². The summed E-state index contributed by atoms with van der Waals surface area (Å²) >= 11 is 3.05. The molecule has 1 aromatic heterocycles. The summed E-state index contributed by atoms with van der Waals surface area (Å²) in [6, 6.07) is 4.67. The third-order valence-electron chi connectivity index (χ3n) is 2.08. The molecule has 0 unspecified atom stereocenters. The molecule has 0 radical (unpaired) electrons. The van der Waals surface area contributed by atoms with Gasteiger partial charge in [0.05, 0.1) is 0 Å². The number of hydrogen-bond acceptors (Lipinski definition) is 2. The van der Waals surface area contributed by atoms with E-state index in [1.807, 2.05) is 0 Å². The van der Waals surface area contributed by atoms with Crippen molar-refractivity contribution in [1.29, 1.82) is 0 Å². The van der Waals surface area contributed by atoms with Crippen LogP contribution in [0.5, 0.6) is 0 Å². The number of hydrogen-bond donors (Lipinski definition) is 1. The van der Waals surface area contributed by atoms with Gasteiger partial charge in [0.25, 0.3) is 0 Å². The lowest BCUT2D eigenvalue weighted by Gasteiger charge is -2.09. The fourth-order valence-corrected chi connectivity index (χ4v) is 1.63. The highest BCUT2D eigenvalue weighted by Gasteiger charge is 2.19. The quantitative estimate of drug-likeness (QED) is 0.511. The van der Waals surface area contributed by atoms with E-state index in [-0.39, 0.29) is 11.9 Å². The number of pyridine rings is 1. The lowest BCUT2D eigenvalue weighted by molar-refractivity contribution is 0.459. The maximum atomic E-state index is 13.3. The van der Waals surface area contributed by atoms with E-state index in [1.165, 1.54) is 6.07 Å². The molecule has 2 rings (SSSR count). The Balaban J connectivity index is 2.46. The number of benzene rings is 1. The van der Waals surface area contributed by atoms with E-state index in [0.717, 1.165) is 0 Å². The van der Waals surface area contributed by atoms with Crippen molar-refractivity contribution in [3.63, 3.8) is 0 Å². The molecule has 2 aromatic rings. The third kappa shape index (κ3) is 2.45. The smallest absolute Gasteiger partial charge is 0.185 e. The van der Waals surface area contributed by atoms with Gasteiger partial charge in [-0.3, -0.25) is 0 Å². The standard InChI is InChI=1S/C11H5BrF4N2/c12-7-2-1-3-8(17-7)18-11-9(15)5(13)4-6(14)10(11)16/h1-4H,(H,17,18). The van der Waals surface area contributed by atoms with E-state index in [1.54, 1.807) is 12.1 Å². The summed E-state index contributed by atoms with van der Waals surface area (Å²) in [5.74, 6) is -5.92. The Morgan fingerprint density at radius 2 is 1.61 bits per heavy atom. The van der Waals surface area contributed by atoms with Crippen molar-refractivity contribution in [2.45, 2.75) is 0 Å². The molecule has 0 bridgehead atoms. The van der Waals surface area contributed by atoms with Gasteiger partial charge in [0.2, 0.25) is 0 Å². The van der Waals surface area contributed by atoms with Crippen molar-refractivity contribution < 1.29 is 17.6 Å². The van der Waals surface area contributed by atoms with Gasteiger partial charge in [-0.2, -0.15) is 0 Å². The minimum Gasteiger partial charge on any atom is -0.335 e. The van der Waals surface area contributed by atoms with Gasteiger partial charge in [-0.25, -0.2) is 22.5 Å². The highest BCUT2D eigenvalue weighted by atomic mass is 79.9. The first-order chi connectivity index (χ1) is 8.49. The number of nitrogens with one attached hydrogen (secondary N) is 1. The molecule has 0 saturated carbocycles. The van der Waals surface area contributed by atoms with Crippen LogP contribution in [0.25, 0.3) is 0 Å². The average molecular weight is 321 g/mol. The molecule has 94 valence electrons. The highest BCUT2D eigenvalue weighted by Crippen LogP contribution is 2.27. The van der Waals surface area contributed by atoms with Crippen LogP contribution in [0.2, 0.25) is 0 Å². The molecule has 7 heteroatoms. The number of nitrogens with zero attached hydrogens (tertiary/aromatic N) is 1. The summed E-state index contributed by atoms with van der Waals surface area (Å²) in [4.78, 5) is 3.84. The van der Waals surface area contributed by atoms with Crippen molar-refractivity contribution in [3.8, 4) is 0 Å². The Hall–Kier alpha value is -1.63. The second-order valence-corrected chi connectivity index (χ2v) is 4.13. The van der Waals surface area contributed by atoms with Crippen LogP contribution in [0.4, 0.5) is 29.1 Å². The van der Waals surface area contributed by atoms with Gasteiger partial charge in [0, 0.05) is 6.07 Å². The summed E-state index contributed by atoms with van der Waals surface area (Å²) < 4.78 is 53.0. The highest BCUT2D eigenvalue weighted by molar-refractivity contribution is 9.10. The van der Waals surface area contributed by atoms with Crippen molar-refractivity contribution in [3.05, 3.63) is 52.1 Å². The predicted octanol–water partition coefficient (Wildman–Crippen LogP) is 4.14. The molecule has 1 N–H and O–H groups in total. The fourth-order valence-electron chi connectivity index (χ4n) is 1.29. The van der Waals surface area contributed by atoms with Crippen LogP contribution in [0, 0.1) is 23.3 Å². The zero-order valence-electron chi connectivity index (χ0n) is 8.65. The summed E-state index contributed by atoms with van der Waals surface area (Å²) in [7, 11) is 0. The molecule has 1 aromatic carbocycles. The Labute approximate surface area is 108 Å². The zero-order chi connectivity index (χ0) is 13.3. The van der Waals surface area contributed by atoms with Crippen molar-refractivity contribution in [2.24, 2.45) is 0 Å². The summed E-state index contributed by atoms with van der Waals surface area (Å²) in [6.45, 7) is 0. The van der Waals surface area contributed by atoms with Crippen molar-refractivity contribution in [1.82, 2.24) is 4.98 Å². The van der Waals surface area contributed by atoms with Crippen LogP contribution in [-0.2, 0) is 0 Å². The summed E-state index contributed by atoms with van der Waals surface area (Å²) in [6.07, 6.45) is 0. The van der Waals surface area contributed by atoms with E-state index in [9.17, 15) is 17.6 Å². The van der Waals surface area contributed by atoms with Gasteiger partial charge >= 0.3 is 0 Å². The minimum absolute atomic E-state index is 0.0483. The molecule has 0 aliphatic carbocycles. The normalized spacial score (nSPS) is 10.5. The van der Waals surface area contributed by atoms with Gasteiger partial charge in [0.1, 0.15) is 16.1 Å². The van der Waals surface area contributed by atoms with Gasteiger partial charge in [-0.15, -0.1) is 0 Å². The number of halogens is 5. The second-order valence-electron chi connectivity index (χ2n) is 3.31. The summed E-state index contributed by atoms with van der Waals surface area (Å²) in [5.41, 5.74) is -0.918. The van der Waals surface area contributed by atoms with E-state index in [4.69, 9.17) is 0 Å². The molecular weight excluding hydrogens is 316 g/mol. The molecule has 0 fully saturated rings. The Morgan fingerprint density at radius 3 is 2.17 bits per heavy atom. The topological polar surface area (TPSA) is 24.9 Å².